The molecule has 0 bridgehead atoms. The van der Waals surface area contributed by atoms with E-state index >= 15 is 0 Å². The van der Waals surface area contributed by atoms with Crippen LogP contribution in [-0.2, 0) is 0 Å². The van der Waals surface area contributed by atoms with Crippen molar-refractivity contribution in [3.8, 4) is 5.75 Å². The van der Waals surface area contributed by atoms with Crippen LogP contribution in [0.25, 0.3) is 0 Å². The van der Waals surface area contributed by atoms with Crippen LogP contribution >= 0.6 is 0 Å². The van der Waals surface area contributed by atoms with Crippen molar-refractivity contribution in [1.82, 2.24) is 0 Å². The lowest BCUT2D eigenvalue weighted by Crippen LogP contribution is -2.44. The Morgan fingerprint density at radius 1 is 1.12 bits per heavy atom. The highest BCUT2D eigenvalue weighted by Gasteiger charge is 2.17. The highest BCUT2D eigenvalue weighted by molar-refractivity contribution is 5.74. The number of carbonyl (C=O) groups is 2. The van der Waals surface area contributed by atoms with Crippen molar-refractivity contribution < 1.29 is 18.9 Å². The molecule has 4 nitrogen and oxygen atoms in total. The van der Waals surface area contributed by atoms with E-state index in [9.17, 15) is 9.59 Å². The van der Waals surface area contributed by atoms with Crippen molar-refractivity contribution in [3.63, 3.8) is 0 Å². The Labute approximate surface area is 98.1 Å². The molecular weight excluding hydrogens is 218 g/mol. The van der Waals surface area contributed by atoms with Gasteiger partial charge in [-0.15, -0.1) is 0 Å². The van der Waals surface area contributed by atoms with E-state index in [4.69, 9.17) is 4.74 Å². The van der Waals surface area contributed by atoms with Gasteiger partial charge < -0.3 is 4.74 Å². The third kappa shape index (κ3) is 2.75. The molecule has 0 amide bonds. The summed E-state index contributed by atoms with van der Waals surface area (Å²) in [5.41, 5.74) is 0.414. The van der Waals surface area contributed by atoms with Crippen molar-refractivity contribution in [2.75, 3.05) is 0 Å². The number of aromatic nitrogens is 1. The molecule has 0 saturated heterocycles. The molecule has 0 saturated carbocycles. The zero-order valence-electron chi connectivity index (χ0n) is 8.95. The van der Waals surface area contributed by atoms with E-state index in [0.717, 1.165) is 0 Å². The maximum Gasteiger partial charge on any atom is 0.607 e. The maximum atomic E-state index is 11.7. The molecule has 17 heavy (non-hydrogen) atoms. The first kappa shape index (κ1) is 11.0. The van der Waals surface area contributed by atoms with E-state index in [0.29, 0.717) is 17.6 Å². The minimum atomic E-state index is -0.556. The van der Waals surface area contributed by atoms with Crippen LogP contribution in [0.5, 0.6) is 5.75 Å². The number of aldehydes is 1. The van der Waals surface area contributed by atoms with Crippen molar-refractivity contribution >= 4 is 12.4 Å². The normalized spacial score (nSPS) is 9.65. The molecule has 0 aliphatic carbocycles. The van der Waals surface area contributed by atoms with Crippen LogP contribution in [0, 0.1) is 0 Å². The number of rotatable bonds is 2. The molecule has 0 radical (unpaired) electrons. The van der Waals surface area contributed by atoms with Crippen LogP contribution in [-0.4, -0.2) is 12.4 Å². The lowest BCUT2D eigenvalue weighted by atomic mass is 10.3. The SMILES string of the molecule is O=Cc1ccc[n+](C(=O)Oc2ccccc2)c1. The molecule has 0 N–H and O–H groups in total. The summed E-state index contributed by atoms with van der Waals surface area (Å²) in [7, 11) is 0. The number of para-hydroxylation sites is 1. The molecule has 1 aromatic heterocycles. The summed E-state index contributed by atoms with van der Waals surface area (Å²) < 4.78 is 6.33. The lowest BCUT2D eigenvalue weighted by molar-refractivity contribution is -0.582. The average Bonchev–Trinajstić information content (AvgIpc) is 2.40. The Balaban J connectivity index is 2.17. The molecule has 2 aromatic rings. The second-order valence-electron chi connectivity index (χ2n) is 3.34. The highest BCUT2D eigenvalue weighted by atomic mass is 16.6. The molecule has 84 valence electrons. The minimum Gasteiger partial charge on any atom is -0.372 e. The molecule has 2 rings (SSSR count). The van der Waals surface area contributed by atoms with Gasteiger partial charge in [-0.25, -0.2) is 0 Å². The fourth-order valence-electron chi connectivity index (χ4n) is 1.32. The van der Waals surface area contributed by atoms with E-state index < -0.39 is 6.09 Å². The van der Waals surface area contributed by atoms with E-state index in [-0.39, 0.29) is 0 Å². The number of nitrogens with zero attached hydrogens (tertiary/aromatic N) is 1. The predicted molar refractivity (Wildman–Crippen MR) is 59.9 cm³/mol. The van der Waals surface area contributed by atoms with Gasteiger partial charge in [0, 0.05) is 6.07 Å². The third-order valence-corrected chi connectivity index (χ3v) is 2.12. The van der Waals surface area contributed by atoms with Gasteiger partial charge in [0.05, 0.1) is 5.56 Å². The summed E-state index contributed by atoms with van der Waals surface area (Å²) in [6.07, 6.45) is 3.06. The Kier molecular flexibility index (Phi) is 3.25. The number of hydrogen-bond acceptors (Lipinski definition) is 3. The highest BCUT2D eigenvalue weighted by Crippen LogP contribution is 2.07. The Bertz CT molecular complexity index is 537. The smallest absolute Gasteiger partial charge is 0.372 e. The van der Waals surface area contributed by atoms with Gasteiger partial charge in [0.1, 0.15) is 5.75 Å². The van der Waals surface area contributed by atoms with Crippen LogP contribution in [0.15, 0.2) is 54.9 Å². The fraction of sp³-hybridized carbons (Fsp3) is 0. The number of pyridine rings is 1. The topological polar surface area (TPSA) is 47.2 Å². The molecule has 0 aliphatic heterocycles. The van der Waals surface area contributed by atoms with Gasteiger partial charge in [-0.3, -0.25) is 4.79 Å². The first-order valence-corrected chi connectivity index (χ1v) is 5.03. The quantitative estimate of drug-likeness (QED) is 0.582. The Morgan fingerprint density at radius 3 is 2.59 bits per heavy atom. The van der Waals surface area contributed by atoms with Gasteiger partial charge in [0.2, 0.25) is 0 Å². The predicted octanol–water partition coefficient (Wildman–Crippen LogP) is 1.83. The van der Waals surface area contributed by atoms with Crippen molar-refractivity contribution in [3.05, 3.63) is 60.4 Å². The average molecular weight is 228 g/mol. The fourth-order valence-corrected chi connectivity index (χ4v) is 1.32. The van der Waals surface area contributed by atoms with Gasteiger partial charge in [-0.05, 0) is 18.2 Å². The monoisotopic (exact) mass is 228 g/mol. The first-order valence-electron chi connectivity index (χ1n) is 5.03. The van der Waals surface area contributed by atoms with Crippen LogP contribution < -0.4 is 9.30 Å². The van der Waals surface area contributed by atoms with Gasteiger partial charge in [0.25, 0.3) is 0 Å². The van der Waals surface area contributed by atoms with Crippen LogP contribution in [0.2, 0.25) is 0 Å². The molecule has 0 aliphatic rings. The van der Waals surface area contributed by atoms with Crippen LogP contribution in [0.3, 0.4) is 0 Å². The summed E-state index contributed by atoms with van der Waals surface area (Å²) >= 11 is 0. The first-order chi connectivity index (χ1) is 8.29. The second kappa shape index (κ2) is 5.03. The summed E-state index contributed by atoms with van der Waals surface area (Å²) in [5, 5.41) is 0. The number of benzene rings is 1. The summed E-state index contributed by atoms with van der Waals surface area (Å²) in [6.45, 7) is 0. The molecular formula is C13H10NO3+. The molecule has 0 fully saturated rings. The minimum absolute atomic E-state index is 0.414. The number of ether oxygens (including phenoxy) is 1. The number of hydrogen-bond donors (Lipinski definition) is 0. The van der Waals surface area contributed by atoms with Crippen LogP contribution in [0.1, 0.15) is 10.4 Å². The lowest BCUT2D eigenvalue weighted by Gasteiger charge is -1.98. The van der Waals surface area contributed by atoms with Crippen LogP contribution in [0.4, 0.5) is 4.79 Å². The number of carbonyl (C=O) groups excluding carboxylic acids is 2. The molecule has 4 heteroatoms. The molecule has 0 unspecified atom stereocenters. The summed E-state index contributed by atoms with van der Waals surface area (Å²) in [4.78, 5) is 22.3. The van der Waals surface area contributed by atoms with Gasteiger partial charge in [-0.1, -0.05) is 22.8 Å². The van der Waals surface area contributed by atoms with Gasteiger partial charge in [0.15, 0.2) is 18.7 Å². The summed E-state index contributed by atoms with van der Waals surface area (Å²) in [5.74, 6) is 0.460. The third-order valence-electron chi connectivity index (χ3n) is 2.12. The maximum absolute atomic E-state index is 11.7. The molecule has 1 aromatic carbocycles. The van der Waals surface area contributed by atoms with E-state index in [1.54, 1.807) is 36.4 Å². The van der Waals surface area contributed by atoms with E-state index in [1.165, 1.54) is 17.0 Å². The second-order valence-corrected chi connectivity index (χ2v) is 3.34. The molecule has 0 spiro atoms. The zero-order chi connectivity index (χ0) is 12.1. The van der Waals surface area contributed by atoms with E-state index in [2.05, 4.69) is 0 Å². The van der Waals surface area contributed by atoms with Gasteiger partial charge >= 0.3 is 6.09 Å². The summed E-state index contributed by atoms with van der Waals surface area (Å²) in [6, 6.07) is 12.0. The standard InChI is InChI=1S/C13H10NO3/c15-10-11-5-4-8-14(9-11)13(16)17-12-6-2-1-3-7-12/h1-10H/q+1. The van der Waals surface area contributed by atoms with Crippen molar-refractivity contribution in [2.45, 2.75) is 0 Å². The largest absolute Gasteiger partial charge is 0.607 e. The zero-order valence-corrected chi connectivity index (χ0v) is 8.95. The Morgan fingerprint density at radius 2 is 1.88 bits per heavy atom. The van der Waals surface area contributed by atoms with Gasteiger partial charge in [-0.2, -0.15) is 4.79 Å². The van der Waals surface area contributed by atoms with Crippen molar-refractivity contribution in [1.29, 1.82) is 0 Å². The molecule has 1 heterocycles. The molecule has 0 atom stereocenters. The van der Waals surface area contributed by atoms with Crippen molar-refractivity contribution in [2.24, 2.45) is 0 Å². The Hall–Kier alpha value is -2.49. The van der Waals surface area contributed by atoms with E-state index in [1.807, 2.05) is 6.07 Å².